The summed E-state index contributed by atoms with van der Waals surface area (Å²) >= 11 is 11.9. The second kappa shape index (κ2) is 9.84. The quantitative estimate of drug-likeness (QED) is 0.269. The molecule has 0 radical (unpaired) electrons. The Morgan fingerprint density at radius 2 is 1.50 bits per heavy atom. The molecule has 1 heterocycles. The molecule has 0 atom stereocenters. The summed E-state index contributed by atoms with van der Waals surface area (Å²) in [6.45, 7) is 1.55. The third-order valence-electron chi connectivity index (χ3n) is 4.84. The third kappa shape index (κ3) is 5.24. The van der Waals surface area contributed by atoms with Crippen molar-refractivity contribution in [2.75, 3.05) is 6.61 Å². The highest BCUT2D eigenvalue weighted by molar-refractivity contribution is 6.30. The lowest BCUT2D eigenvalue weighted by atomic mass is 10.2. The first kappa shape index (κ1) is 20.5. The van der Waals surface area contributed by atoms with Crippen molar-refractivity contribution in [2.24, 2.45) is 0 Å². The van der Waals surface area contributed by atoms with Gasteiger partial charge in [-0.1, -0.05) is 53.5 Å². The number of benzene rings is 3. The summed E-state index contributed by atoms with van der Waals surface area (Å²) in [5.41, 5.74) is 3.24. The molecule has 0 unspecified atom stereocenters. The third-order valence-corrected chi connectivity index (χ3v) is 5.34. The van der Waals surface area contributed by atoms with Crippen molar-refractivity contribution < 1.29 is 4.74 Å². The highest BCUT2D eigenvalue weighted by Gasteiger charge is 2.08. The molecule has 0 saturated heterocycles. The van der Waals surface area contributed by atoms with Gasteiger partial charge in [0.15, 0.2) is 0 Å². The van der Waals surface area contributed by atoms with Gasteiger partial charge in [0.05, 0.1) is 17.6 Å². The van der Waals surface area contributed by atoms with E-state index in [4.69, 9.17) is 32.9 Å². The molecule has 0 bridgehead atoms. The summed E-state index contributed by atoms with van der Waals surface area (Å²) in [5, 5.41) is 1.45. The van der Waals surface area contributed by atoms with E-state index in [-0.39, 0.29) is 0 Å². The number of aryl methyl sites for hydroxylation is 1. The number of hydrogen-bond acceptors (Lipinski definition) is 2. The Balaban J connectivity index is 1.42. The number of halogens is 2. The normalized spacial score (nSPS) is 11.4. The fourth-order valence-electron chi connectivity index (χ4n) is 3.29. The first-order valence-electron chi connectivity index (χ1n) is 9.96. The van der Waals surface area contributed by atoms with Crippen LogP contribution >= 0.6 is 23.2 Å². The molecular formula is C25H22Cl2N2O. The number of hydrogen-bond donors (Lipinski definition) is 0. The zero-order chi connectivity index (χ0) is 20.8. The van der Waals surface area contributed by atoms with Gasteiger partial charge in [-0.3, -0.25) is 0 Å². The van der Waals surface area contributed by atoms with Crippen LogP contribution < -0.4 is 4.74 Å². The minimum Gasteiger partial charge on any atom is -0.494 e. The summed E-state index contributed by atoms with van der Waals surface area (Å²) in [4.78, 5) is 4.81. The van der Waals surface area contributed by atoms with Gasteiger partial charge in [-0.15, -0.1) is 0 Å². The molecule has 0 amide bonds. The number of ether oxygens (including phenoxy) is 1. The maximum absolute atomic E-state index is 5.98. The minimum atomic E-state index is 0.671. The van der Waals surface area contributed by atoms with Gasteiger partial charge in [-0.25, -0.2) is 4.98 Å². The fourth-order valence-corrected chi connectivity index (χ4v) is 3.55. The smallest absolute Gasteiger partial charge is 0.133 e. The summed E-state index contributed by atoms with van der Waals surface area (Å²) in [5.74, 6) is 1.80. The van der Waals surface area contributed by atoms with E-state index in [1.165, 1.54) is 0 Å². The van der Waals surface area contributed by atoms with Gasteiger partial charge in [0.2, 0.25) is 0 Å². The number of rotatable bonds is 8. The standard InChI is InChI=1S/C25H22Cl2N2O/c26-20-10-7-19(8-11-20)9-16-25-28-23-5-1-2-6-24(23)29(25)17-3-4-18-30-22-14-12-21(27)13-15-22/h1-2,5-16H,3-4,17-18H2/b16-9+. The van der Waals surface area contributed by atoms with Crippen LogP contribution in [0, 0.1) is 0 Å². The second-order valence-corrected chi connectivity index (χ2v) is 7.88. The average molecular weight is 437 g/mol. The first-order chi connectivity index (χ1) is 14.7. The molecule has 3 aromatic carbocycles. The van der Waals surface area contributed by atoms with Crippen molar-refractivity contribution in [3.8, 4) is 5.75 Å². The zero-order valence-electron chi connectivity index (χ0n) is 16.5. The summed E-state index contributed by atoms with van der Waals surface area (Å²) in [7, 11) is 0. The Bertz CT molecular complexity index is 1130. The van der Waals surface area contributed by atoms with Crippen LogP contribution in [0.3, 0.4) is 0 Å². The van der Waals surface area contributed by atoms with Crippen LogP contribution in [0.15, 0.2) is 72.8 Å². The van der Waals surface area contributed by atoms with E-state index >= 15 is 0 Å². The summed E-state index contributed by atoms with van der Waals surface area (Å²) < 4.78 is 8.07. The van der Waals surface area contributed by atoms with E-state index in [9.17, 15) is 0 Å². The van der Waals surface area contributed by atoms with Gasteiger partial charge >= 0.3 is 0 Å². The molecule has 30 heavy (non-hydrogen) atoms. The molecule has 0 saturated carbocycles. The van der Waals surface area contributed by atoms with E-state index in [1.54, 1.807) is 0 Å². The number of fused-ring (bicyclic) bond motifs is 1. The summed E-state index contributed by atoms with van der Waals surface area (Å²) in [6.07, 6.45) is 6.08. The lowest BCUT2D eigenvalue weighted by Crippen LogP contribution is -2.04. The predicted octanol–water partition coefficient (Wildman–Crippen LogP) is 7.37. The van der Waals surface area contributed by atoms with Crippen LogP contribution in [0.4, 0.5) is 0 Å². The van der Waals surface area contributed by atoms with Crippen molar-refractivity contribution in [2.45, 2.75) is 19.4 Å². The van der Waals surface area contributed by atoms with Crippen LogP contribution in [0.2, 0.25) is 10.0 Å². The predicted molar refractivity (Wildman–Crippen MR) is 126 cm³/mol. The van der Waals surface area contributed by atoms with Gasteiger partial charge in [-0.05, 0) is 73.0 Å². The molecule has 4 aromatic rings. The lowest BCUT2D eigenvalue weighted by Gasteiger charge is -2.09. The van der Waals surface area contributed by atoms with Crippen LogP contribution in [0.5, 0.6) is 5.75 Å². The number of aromatic nitrogens is 2. The highest BCUT2D eigenvalue weighted by atomic mass is 35.5. The molecule has 0 spiro atoms. The van der Waals surface area contributed by atoms with Gasteiger partial charge < -0.3 is 9.30 Å². The van der Waals surface area contributed by atoms with Crippen molar-refractivity contribution >= 4 is 46.4 Å². The molecule has 152 valence electrons. The first-order valence-corrected chi connectivity index (χ1v) is 10.7. The van der Waals surface area contributed by atoms with Crippen LogP contribution in [-0.4, -0.2) is 16.2 Å². The van der Waals surface area contributed by atoms with Crippen molar-refractivity contribution in [3.63, 3.8) is 0 Å². The van der Waals surface area contributed by atoms with Crippen molar-refractivity contribution in [1.82, 2.24) is 9.55 Å². The Morgan fingerprint density at radius 1 is 0.800 bits per heavy atom. The molecule has 0 aliphatic rings. The van der Waals surface area contributed by atoms with E-state index < -0.39 is 0 Å². The van der Waals surface area contributed by atoms with E-state index in [1.807, 2.05) is 54.6 Å². The SMILES string of the molecule is Clc1ccc(/C=C/c2nc3ccccc3n2CCCCOc2ccc(Cl)cc2)cc1. The maximum Gasteiger partial charge on any atom is 0.133 e. The van der Waals surface area contributed by atoms with Crippen LogP contribution in [0.1, 0.15) is 24.2 Å². The largest absolute Gasteiger partial charge is 0.494 e. The molecule has 0 aliphatic heterocycles. The minimum absolute atomic E-state index is 0.671. The van der Waals surface area contributed by atoms with Crippen LogP contribution in [-0.2, 0) is 6.54 Å². The number of imidazole rings is 1. The molecule has 0 fully saturated rings. The van der Waals surface area contributed by atoms with Gasteiger partial charge in [-0.2, -0.15) is 0 Å². The Kier molecular flexibility index (Phi) is 6.73. The van der Waals surface area contributed by atoms with E-state index in [2.05, 4.69) is 34.9 Å². The van der Waals surface area contributed by atoms with Crippen molar-refractivity contribution in [1.29, 1.82) is 0 Å². The maximum atomic E-state index is 5.98. The second-order valence-electron chi connectivity index (χ2n) is 7.00. The van der Waals surface area contributed by atoms with Crippen molar-refractivity contribution in [3.05, 3.63) is 94.2 Å². The van der Waals surface area contributed by atoms with Gasteiger partial charge in [0.1, 0.15) is 11.6 Å². The van der Waals surface area contributed by atoms with Gasteiger partial charge in [0, 0.05) is 16.6 Å². The molecule has 0 aliphatic carbocycles. The van der Waals surface area contributed by atoms with Gasteiger partial charge in [0.25, 0.3) is 0 Å². The zero-order valence-corrected chi connectivity index (χ0v) is 18.0. The number of nitrogens with zero attached hydrogens (tertiary/aromatic N) is 2. The number of unbranched alkanes of at least 4 members (excludes halogenated alkanes) is 1. The van der Waals surface area contributed by atoms with Crippen LogP contribution in [0.25, 0.3) is 23.2 Å². The topological polar surface area (TPSA) is 27.1 Å². The molecule has 3 nitrogen and oxygen atoms in total. The lowest BCUT2D eigenvalue weighted by molar-refractivity contribution is 0.303. The molecule has 0 N–H and O–H groups in total. The van der Waals surface area contributed by atoms with E-state index in [0.29, 0.717) is 11.6 Å². The van der Waals surface area contributed by atoms with E-state index in [0.717, 1.165) is 52.6 Å². The average Bonchev–Trinajstić information content (AvgIpc) is 3.12. The molecule has 5 heteroatoms. The molecule has 1 aromatic heterocycles. The number of para-hydroxylation sites is 2. The molecular weight excluding hydrogens is 415 g/mol. The molecule has 4 rings (SSSR count). The highest BCUT2D eigenvalue weighted by Crippen LogP contribution is 2.20. The Hall–Kier alpha value is -2.75. The fraction of sp³-hybridized carbons (Fsp3) is 0.160. The Labute approximate surface area is 186 Å². The summed E-state index contributed by atoms with van der Waals surface area (Å²) in [6, 6.07) is 23.5. The monoisotopic (exact) mass is 436 g/mol. The Morgan fingerprint density at radius 3 is 2.27 bits per heavy atom.